The van der Waals surface area contributed by atoms with Gasteiger partial charge in [-0.2, -0.15) is 0 Å². The van der Waals surface area contributed by atoms with E-state index < -0.39 is 6.36 Å². The van der Waals surface area contributed by atoms with Crippen LogP contribution in [-0.2, 0) is 0 Å². The number of halogens is 3. The van der Waals surface area contributed by atoms with E-state index in [2.05, 4.69) is 4.74 Å². The van der Waals surface area contributed by atoms with Crippen molar-refractivity contribution in [1.82, 2.24) is 0 Å². The Labute approximate surface area is 117 Å². The summed E-state index contributed by atoms with van der Waals surface area (Å²) in [5.74, 6) is 0.0830. The Morgan fingerprint density at radius 2 is 1.45 bits per heavy atom. The molecule has 1 rings (SSSR count). The summed E-state index contributed by atoms with van der Waals surface area (Å²) in [5.41, 5.74) is 12.0. The highest BCUT2D eigenvalue weighted by molar-refractivity contribution is 5.29. The molecule has 0 bridgehead atoms. The van der Waals surface area contributed by atoms with Crippen molar-refractivity contribution in [1.29, 1.82) is 0 Å². The lowest BCUT2D eigenvalue weighted by Gasteiger charge is -2.17. The van der Waals surface area contributed by atoms with E-state index in [1.807, 2.05) is 0 Å². The summed E-state index contributed by atoms with van der Waals surface area (Å²) in [4.78, 5) is 0. The highest BCUT2D eigenvalue weighted by Crippen LogP contribution is 2.29. The molecule has 0 amide bonds. The summed E-state index contributed by atoms with van der Waals surface area (Å²) in [5, 5.41) is 0. The molecule has 0 atom stereocenters. The maximum Gasteiger partial charge on any atom is 0.573 e. The van der Waals surface area contributed by atoms with E-state index in [-0.39, 0.29) is 11.7 Å². The Kier molecular flexibility index (Phi) is 6.81. The van der Waals surface area contributed by atoms with E-state index in [1.165, 1.54) is 12.1 Å². The Morgan fingerprint density at radius 3 is 1.85 bits per heavy atom. The average Bonchev–Trinajstić information content (AvgIpc) is 2.38. The highest BCUT2D eigenvalue weighted by atomic mass is 19.4. The van der Waals surface area contributed by atoms with Gasteiger partial charge in [0.15, 0.2) is 0 Å². The number of alkyl halides is 3. The normalized spacial score (nSPS) is 11.9. The molecule has 114 valence electrons. The number of hydrogen-bond acceptors (Lipinski definition) is 3. The van der Waals surface area contributed by atoms with E-state index in [9.17, 15) is 13.2 Å². The van der Waals surface area contributed by atoms with Crippen LogP contribution in [0.5, 0.6) is 5.75 Å². The first-order valence-corrected chi connectivity index (χ1v) is 6.72. The standard InChI is InChI=1S/C14H21F3N2O/c15-14(16,17)20-13-7-5-12(6-8-13)11(3-1-9-18)4-2-10-19/h5-8,11H,1-4,9-10,18-19H2. The van der Waals surface area contributed by atoms with Crippen molar-refractivity contribution in [2.24, 2.45) is 11.5 Å². The number of benzene rings is 1. The van der Waals surface area contributed by atoms with E-state index in [1.54, 1.807) is 12.1 Å². The molecular formula is C14H21F3N2O. The van der Waals surface area contributed by atoms with Crippen LogP contribution in [0.3, 0.4) is 0 Å². The zero-order valence-electron chi connectivity index (χ0n) is 11.3. The Morgan fingerprint density at radius 1 is 0.950 bits per heavy atom. The highest BCUT2D eigenvalue weighted by Gasteiger charge is 2.31. The summed E-state index contributed by atoms with van der Waals surface area (Å²) >= 11 is 0. The molecule has 0 saturated carbocycles. The molecule has 0 heterocycles. The number of ether oxygens (including phenoxy) is 1. The zero-order valence-corrected chi connectivity index (χ0v) is 11.3. The minimum Gasteiger partial charge on any atom is -0.406 e. The van der Waals surface area contributed by atoms with Gasteiger partial charge in [0.1, 0.15) is 5.75 Å². The van der Waals surface area contributed by atoms with Gasteiger partial charge < -0.3 is 16.2 Å². The number of rotatable bonds is 8. The molecule has 1 aromatic rings. The maximum absolute atomic E-state index is 12.1. The minimum atomic E-state index is -4.65. The molecular weight excluding hydrogens is 269 g/mol. The molecule has 0 aliphatic carbocycles. The van der Waals surface area contributed by atoms with Crippen molar-refractivity contribution in [2.75, 3.05) is 13.1 Å². The summed E-state index contributed by atoms with van der Waals surface area (Å²) in [6.45, 7) is 1.21. The van der Waals surface area contributed by atoms with Crippen LogP contribution in [0.25, 0.3) is 0 Å². The topological polar surface area (TPSA) is 61.3 Å². The van der Waals surface area contributed by atoms with Crippen LogP contribution >= 0.6 is 0 Å². The second-order valence-corrected chi connectivity index (χ2v) is 4.68. The second-order valence-electron chi connectivity index (χ2n) is 4.68. The van der Waals surface area contributed by atoms with Gasteiger partial charge in [0, 0.05) is 0 Å². The lowest BCUT2D eigenvalue weighted by molar-refractivity contribution is -0.274. The van der Waals surface area contributed by atoms with Gasteiger partial charge in [-0.1, -0.05) is 12.1 Å². The third-order valence-electron chi connectivity index (χ3n) is 3.10. The van der Waals surface area contributed by atoms with Crippen LogP contribution in [0, 0.1) is 0 Å². The summed E-state index contributed by atoms with van der Waals surface area (Å²) in [6.07, 6.45) is -1.06. The smallest absolute Gasteiger partial charge is 0.406 e. The third-order valence-corrected chi connectivity index (χ3v) is 3.10. The summed E-state index contributed by atoms with van der Waals surface area (Å²) < 4.78 is 40.1. The van der Waals surface area contributed by atoms with Gasteiger partial charge in [0.2, 0.25) is 0 Å². The first-order chi connectivity index (χ1) is 9.46. The molecule has 0 aliphatic rings. The molecule has 0 unspecified atom stereocenters. The number of nitrogens with two attached hydrogens (primary N) is 2. The van der Waals surface area contributed by atoms with Crippen LogP contribution in [-0.4, -0.2) is 19.5 Å². The van der Waals surface area contributed by atoms with E-state index in [0.29, 0.717) is 13.1 Å². The SMILES string of the molecule is NCCCC(CCCN)c1ccc(OC(F)(F)F)cc1. The lowest BCUT2D eigenvalue weighted by Crippen LogP contribution is -2.17. The monoisotopic (exact) mass is 290 g/mol. The van der Waals surface area contributed by atoms with Crippen molar-refractivity contribution >= 4 is 0 Å². The van der Waals surface area contributed by atoms with Crippen molar-refractivity contribution < 1.29 is 17.9 Å². The molecule has 0 aliphatic heterocycles. The molecule has 0 aromatic heterocycles. The van der Waals surface area contributed by atoms with Gasteiger partial charge in [-0.05, 0) is 62.4 Å². The fourth-order valence-electron chi connectivity index (χ4n) is 2.15. The predicted molar refractivity (Wildman–Crippen MR) is 72.4 cm³/mol. The Balaban J connectivity index is 2.70. The van der Waals surface area contributed by atoms with Crippen molar-refractivity contribution in [3.8, 4) is 5.75 Å². The van der Waals surface area contributed by atoms with Crippen LogP contribution < -0.4 is 16.2 Å². The van der Waals surface area contributed by atoms with Gasteiger partial charge in [-0.25, -0.2) is 0 Å². The molecule has 1 aromatic carbocycles. The molecule has 0 spiro atoms. The average molecular weight is 290 g/mol. The maximum atomic E-state index is 12.1. The molecule has 3 nitrogen and oxygen atoms in total. The fraction of sp³-hybridized carbons (Fsp3) is 0.571. The first-order valence-electron chi connectivity index (χ1n) is 6.72. The van der Waals surface area contributed by atoms with Gasteiger partial charge in [-0.3, -0.25) is 0 Å². The largest absolute Gasteiger partial charge is 0.573 e. The summed E-state index contributed by atoms with van der Waals surface area (Å²) in [6, 6.07) is 6.05. The quantitative estimate of drug-likeness (QED) is 0.773. The minimum absolute atomic E-state index is 0.197. The zero-order chi connectivity index (χ0) is 15.0. The van der Waals surface area contributed by atoms with E-state index in [4.69, 9.17) is 11.5 Å². The molecule has 4 N–H and O–H groups in total. The van der Waals surface area contributed by atoms with E-state index >= 15 is 0 Å². The Bertz CT molecular complexity index is 371. The van der Waals surface area contributed by atoms with Crippen LogP contribution in [0.15, 0.2) is 24.3 Å². The van der Waals surface area contributed by atoms with Crippen molar-refractivity contribution in [3.05, 3.63) is 29.8 Å². The van der Waals surface area contributed by atoms with Gasteiger partial charge in [0.25, 0.3) is 0 Å². The van der Waals surface area contributed by atoms with E-state index in [0.717, 1.165) is 31.2 Å². The van der Waals surface area contributed by atoms with Crippen LogP contribution in [0.2, 0.25) is 0 Å². The lowest BCUT2D eigenvalue weighted by atomic mass is 9.90. The predicted octanol–water partition coefficient (Wildman–Crippen LogP) is 3.15. The van der Waals surface area contributed by atoms with Gasteiger partial charge in [0.05, 0.1) is 0 Å². The van der Waals surface area contributed by atoms with Crippen molar-refractivity contribution in [3.63, 3.8) is 0 Å². The van der Waals surface area contributed by atoms with Crippen molar-refractivity contribution in [2.45, 2.75) is 38.0 Å². The van der Waals surface area contributed by atoms with Crippen LogP contribution in [0.1, 0.15) is 37.2 Å². The fourth-order valence-corrected chi connectivity index (χ4v) is 2.15. The van der Waals surface area contributed by atoms with Crippen LogP contribution in [0.4, 0.5) is 13.2 Å². The molecule has 6 heteroatoms. The molecule has 0 fully saturated rings. The molecule has 20 heavy (non-hydrogen) atoms. The third kappa shape index (κ3) is 6.25. The Hall–Kier alpha value is -1.27. The first kappa shape index (κ1) is 16.8. The number of hydrogen-bond donors (Lipinski definition) is 2. The summed E-state index contributed by atoms with van der Waals surface area (Å²) in [7, 11) is 0. The van der Waals surface area contributed by atoms with Gasteiger partial charge in [-0.15, -0.1) is 13.2 Å². The molecule has 0 radical (unpaired) electrons. The molecule has 0 saturated heterocycles. The second kappa shape index (κ2) is 8.11. The van der Waals surface area contributed by atoms with Gasteiger partial charge >= 0.3 is 6.36 Å².